The predicted octanol–water partition coefficient (Wildman–Crippen LogP) is 2.93. The molecular formula is C19H18N4O3S. The quantitative estimate of drug-likeness (QED) is 0.590. The molecular weight excluding hydrogens is 364 g/mol. The summed E-state index contributed by atoms with van der Waals surface area (Å²) in [6.07, 6.45) is -0.731. The molecule has 8 heteroatoms. The predicted molar refractivity (Wildman–Crippen MR) is 106 cm³/mol. The standard InChI is InChI=1S/C19H18N4O3S/c24-18(15-11-12-5-1-3-7-14(12)23(15)19(25)26)21-10-9-20-17-13-6-2-4-8-16(13)27-22-17/h1-8,15H,9-11H2,(H,20,22)(H,21,24)(H,25,26). The summed E-state index contributed by atoms with van der Waals surface area (Å²) >= 11 is 1.42. The SMILES string of the molecule is O=C(NCCNc1nsc2ccccc12)C1Cc2ccccc2N1C(=O)O. The van der Waals surface area contributed by atoms with Gasteiger partial charge in [-0.05, 0) is 35.3 Å². The summed E-state index contributed by atoms with van der Waals surface area (Å²) in [6.45, 7) is 0.886. The molecule has 138 valence electrons. The van der Waals surface area contributed by atoms with Gasteiger partial charge in [-0.2, -0.15) is 4.37 Å². The number of carbonyl (C=O) groups excluding carboxylic acids is 1. The molecule has 2 aromatic carbocycles. The van der Waals surface area contributed by atoms with Gasteiger partial charge in [-0.15, -0.1) is 0 Å². The zero-order valence-corrected chi connectivity index (χ0v) is 15.2. The van der Waals surface area contributed by atoms with Crippen molar-refractivity contribution >= 4 is 45.1 Å². The van der Waals surface area contributed by atoms with Crippen LogP contribution >= 0.6 is 11.5 Å². The highest BCUT2D eigenvalue weighted by molar-refractivity contribution is 7.13. The van der Waals surface area contributed by atoms with Crippen LogP contribution in [0.2, 0.25) is 0 Å². The van der Waals surface area contributed by atoms with Crippen molar-refractivity contribution in [2.75, 3.05) is 23.3 Å². The maximum atomic E-state index is 12.5. The lowest BCUT2D eigenvalue weighted by Crippen LogP contribution is -2.48. The summed E-state index contributed by atoms with van der Waals surface area (Å²) in [5, 5.41) is 16.6. The van der Waals surface area contributed by atoms with Crippen molar-refractivity contribution in [2.24, 2.45) is 0 Å². The molecule has 0 saturated carbocycles. The Balaban J connectivity index is 1.35. The second-order valence-electron chi connectivity index (χ2n) is 6.25. The van der Waals surface area contributed by atoms with Crippen LogP contribution in [0.4, 0.5) is 16.3 Å². The Morgan fingerprint density at radius 2 is 1.93 bits per heavy atom. The second-order valence-corrected chi connectivity index (χ2v) is 7.05. The number of anilines is 2. The van der Waals surface area contributed by atoms with E-state index in [0.717, 1.165) is 26.4 Å². The normalized spacial score (nSPS) is 15.6. The first-order valence-corrected chi connectivity index (χ1v) is 9.38. The van der Waals surface area contributed by atoms with E-state index in [1.807, 2.05) is 36.4 Å². The maximum absolute atomic E-state index is 12.5. The lowest BCUT2D eigenvalue weighted by Gasteiger charge is -2.21. The number of carbonyl (C=O) groups is 2. The first-order valence-electron chi connectivity index (χ1n) is 8.61. The third-order valence-corrected chi connectivity index (χ3v) is 5.41. The summed E-state index contributed by atoms with van der Waals surface area (Å²) in [4.78, 5) is 25.3. The third kappa shape index (κ3) is 3.31. The minimum atomic E-state index is -1.12. The van der Waals surface area contributed by atoms with E-state index in [9.17, 15) is 14.7 Å². The van der Waals surface area contributed by atoms with Gasteiger partial charge >= 0.3 is 6.09 Å². The minimum Gasteiger partial charge on any atom is -0.465 e. The van der Waals surface area contributed by atoms with Gasteiger partial charge in [0, 0.05) is 24.9 Å². The highest BCUT2D eigenvalue weighted by Gasteiger charge is 2.38. The summed E-state index contributed by atoms with van der Waals surface area (Å²) in [6, 6.07) is 14.4. The number of hydrogen-bond donors (Lipinski definition) is 3. The van der Waals surface area contributed by atoms with Crippen LogP contribution in [0.1, 0.15) is 5.56 Å². The fourth-order valence-corrected chi connectivity index (χ4v) is 4.09. The van der Waals surface area contributed by atoms with Gasteiger partial charge in [0.1, 0.15) is 11.9 Å². The van der Waals surface area contributed by atoms with E-state index >= 15 is 0 Å². The molecule has 0 bridgehead atoms. The molecule has 0 spiro atoms. The van der Waals surface area contributed by atoms with Gasteiger partial charge in [0.2, 0.25) is 5.91 Å². The second kappa shape index (κ2) is 7.24. The number of hydrogen-bond acceptors (Lipinski definition) is 5. The number of nitrogens with one attached hydrogen (secondary N) is 2. The Hall–Kier alpha value is -3.13. The van der Waals surface area contributed by atoms with Crippen LogP contribution in [0, 0.1) is 0 Å². The van der Waals surface area contributed by atoms with Crippen LogP contribution < -0.4 is 15.5 Å². The van der Waals surface area contributed by atoms with E-state index in [-0.39, 0.29) is 5.91 Å². The summed E-state index contributed by atoms with van der Waals surface area (Å²) in [7, 11) is 0. The molecule has 0 saturated heterocycles. The minimum absolute atomic E-state index is 0.293. The van der Waals surface area contributed by atoms with Crippen LogP contribution in [0.15, 0.2) is 48.5 Å². The van der Waals surface area contributed by atoms with Gasteiger partial charge in [0.25, 0.3) is 0 Å². The molecule has 1 unspecified atom stereocenters. The Kier molecular flexibility index (Phi) is 4.64. The molecule has 1 atom stereocenters. The van der Waals surface area contributed by atoms with Gasteiger partial charge in [-0.1, -0.05) is 30.3 Å². The molecule has 0 radical (unpaired) electrons. The van der Waals surface area contributed by atoms with Crippen LogP contribution in [0.5, 0.6) is 0 Å². The van der Waals surface area contributed by atoms with Crippen molar-refractivity contribution in [1.29, 1.82) is 0 Å². The molecule has 4 rings (SSSR count). The number of rotatable bonds is 5. The molecule has 27 heavy (non-hydrogen) atoms. The van der Waals surface area contributed by atoms with Gasteiger partial charge in [-0.25, -0.2) is 4.79 Å². The maximum Gasteiger partial charge on any atom is 0.412 e. The van der Waals surface area contributed by atoms with Crippen molar-refractivity contribution in [3.05, 3.63) is 54.1 Å². The number of fused-ring (bicyclic) bond motifs is 2. The van der Waals surface area contributed by atoms with E-state index in [1.54, 1.807) is 12.1 Å². The molecule has 2 amide bonds. The molecule has 0 fully saturated rings. The lowest BCUT2D eigenvalue weighted by molar-refractivity contribution is -0.122. The number of nitrogens with zero attached hydrogens (tertiary/aromatic N) is 2. The number of aromatic nitrogens is 1. The fraction of sp³-hybridized carbons (Fsp3) is 0.211. The van der Waals surface area contributed by atoms with Crippen LogP contribution in [-0.4, -0.2) is 40.6 Å². The van der Waals surface area contributed by atoms with E-state index < -0.39 is 12.1 Å². The summed E-state index contributed by atoms with van der Waals surface area (Å²) in [5.74, 6) is 0.504. The van der Waals surface area contributed by atoms with Crippen LogP contribution in [0.3, 0.4) is 0 Å². The Morgan fingerprint density at radius 1 is 1.15 bits per heavy atom. The zero-order valence-electron chi connectivity index (χ0n) is 14.4. The first-order chi connectivity index (χ1) is 13.1. The Bertz CT molecular complexity index is 1000. The van der Waals surface area contributed by atoms with E-state index in [0.29, 0.717) is 25.2 Å². The smallest absolute Gasteiger partial charge is 0.412 e. The van der Waals surface area contributed by atoms with Gasteiger partial charge in [0.05, 0.1) is 10.4 Å². The Morgan fingerprint density at radius 3 is 2.78 bits per heavy atom. The third-order valence-electron chi connectivity index (χ3n) is 4.58. The average Bonchev–Trinajstić information content (AvgIpc) is 3.26. The lowest BCUT2D eigenvalue weighted by atomic mass is 10.1. The number of amides is 2. The average molecular weight is 382 g/mol. The zero-order chi connectivity index (χ0) is 18.8. The van der Waals surface area contributed by atoms with Crippen molar-refractivity contribution in [1.82, 2.24) is 9.69 Å². The summed E-state index contributed by atoms with van der Waals surface area (Å²) < 4.78 is 5.49. The highest BCUT2D eigenvalue weighted by Crippen LogP contribution is 2.32. The molecule has 0 aliphatic carbocycles. The fourth-order valence-electron chi connectivity index (χ4n) is 3.33. The van der Waals surface area contributed by atoms with Gasteiger partial charge in [0.15, 0.2) is 0 Å². The van der Waals surface area contributed by atoms with E-state index in [4.69, 9.17) is 0 Å². The molecule has 3 N–H and O–H groups in total. The van der Waals surface area contributed by atoms with Gasteiger partial charge in [-0.3, -0.25) is 9.69 Å². The van der Waals surface area contributed by atoms with Crippen molar-refractivity contribution in [3.63, 3.8) is 0 Å². The van der Waals surface area contributed by atoms with Crippen LogP contribution in [-0.2, 0) is 11.2 Å². The van der Waals surface area contributed by atoms with Crippen LogP contribution in [0.25, 0.3) is 10.1 Å². The molecule has 1 aliphatic heterocycles. The van der Waals surface area contributed by atoms with Gasteiger partial charge < -0.3 is 15.7 Å². The topological polar surface area (TPSA) is 94.6 Å². The largest absolute Gasteiger partial charge is 0.465 e. The first kappa shape index (κ1) is 17.3. The molecule has 1 aromatic heterocycles. The van der Waals surface area contributed by atoms with E-state index in [2.05, 4.69) is 15.0 Å². The van der Waals surface area contributed by atoms with E-state index in [1.165, 1.54) is 11.5 Å². The van der Waals surface area contributed by atoms with Crippen molar-refractivity contribution < 1.29 is 14.7 Å². The molecule has 2 heterocycles. The highest BCUT2D eigenvalue weighted by atomic mass is 32.1. The number of carboxylic acid groups (broad SMARTS) is 1. The molecule has 3 aromatic rings. The monoisotopic (exact) mass is 382 g/mol. The number of benzene rings is 2. The van der Waals surface area contributed by atoms with Crippen molar-refractivity contribution in [2.45, 2.75) is 12.5 Å². The van der Waals surface area contributed by atoms with Crippen molar-refractivity contribution in [3.8, 4) is 0 Å². The molecule has 1 aliphatic rings. The molecule has 7 nitrogen and oxygen atoms in total. The summed E-state index contributed by atoms with van der Waals surface area (Å²) in [5.41, 5.74) is 1.45. The number of para-hydroxylation sites is 1. The Labute approximate surface area is 159 Å².